The number of rotatable bonds is 1. The van der Waals surface area contributed by atoms with Crippen molar-refractivity contribution in [3.8, 4) is 0 Å². The average Bonchev–Trinajstić information content (AvgIpc) is 2.31. The van der Waals surface area contributed by atoms with Gasteiger partial charge in [-0.05, 0) is 5.20 Å². The Morgan fingerprint density at radius 1 is 1.36 bits per heavy atom. The summed E-state index contributed by atoms with van der Waals surface area (Å²) in [6.45, 7) is 6.82. The Bertz CT molecular complexity index is 241. The van der Waals surface area contributed by atoms with Crippen LogP contribution >= 0.6 is 0 Å². The predicted octanol–water partition coefficient (Wildman–Crippen LogP) is 2.80. The molecule has 1 aliphatic carbocycles. The molecule has 0 spiro atoms. The van der Waals surface area contributed by atoms with E-state index in [2.05, 4.69) is 25.7 Å². The molecule has 0 bridgehead atoms. The lowest BCUT2D eigenvalue weighted by atomic mass is 10.3. The first-order valence-electron chi connectivity index (χ1n) is 3.79. The summed E-state index contributed by atoms with van der Waals surface area (Å²) in [6, 6.07) is 0. The van der Waals surface area contributed by atoms with Crippen LogP contribution in [0.4, 0.5) is 0 Å². The molecule has 0 aromatic heterocycles. The smallest absolute Gasteiger partial charge is 0.0862 e. The minimum absolute atomic E-state index is 0.990. The van der Waals surface area contributed by atoms with Gasteiger partial charge in [0.25, 0.3) is 0 Å². The molecule has 0 aromatic carbocycles. The van der Waals surface area contributed by atoms with Gasteiger partial charge in [0.15, 0.2) is 0 Å². The Morgan fingerprint density at radius 2 is 2.00 bits per heavy atom. The van der Waals surface area contributed by atoms with E-state index < -0.39 is 8.07 Å². The summed E-state index contributed by atoms with van der Waals surface area (Å²) in [5.74, 6) is 0. The van der Waals surface area contributed by atoms with Crippen LogP contribution in [-0.4, -0.2) is 13.2 Å². The van der Waals surface area contributed by atoms with Crippen molar-refractivity contribution >= 4 is 8.07 Å². The second-order valence-corrected chi connectivity index (χ2v) is 8.81. The number of aliphatic hydroxyl groups excluding tert-OH is 1. The van der Waals surface area contributed by atoms with Gasteiger partial charge in [-0.25, -0.2) is 0 Å². The second kappa shape index (κ2) is 2.70. The standard InChI is InChI=1S/C9H14OSi/c1-11(2,3)9-6-4-5-8(9)7-10/h4-7,10H,1-3H3/b8-7+. The first-order chi connectivity index (χ1) is 5.05. The van der Waals surface area contributed by atoms with Crippen LogP contribution in [0.1, 0.15) is 0 Å². The highest BCUT2D eigenvalue weighted by Crippen LogP contribution is 2.26. The summed E-state index contributed by atoms with van der Waals surface area (Å²) in [7, 11) is -1.24. The molecule has 0 heterocycles. The Kier molecular flexibility index (Phi) is 2.05. The van der Waals surface area contributed by atoms with E-state index in [-0.39, 0.29) is 0 Å². The monoisotopic (exact) mass is 166 g/mol. The molecule has 0 saturated heterocycles. The van der Waals surface area contributed by atoms with Gasteiger partial charge in [-0.2, -0.15) is 0 Å². The van der Waals surface area contributed by atoms with Gasteiger partial charge >= 0.3 is 0 Å². The molecule has 0 radical (unpaired) electrons. The topological polar surface area (TPSA) is 20.2 Å². The number of hydrogen-bond acceptors (Lipinski definition) is 1. The largest absolute Gasteiger partial charge is 0.515 e. The second-order valence-electron chi connectivity index (χ2n) is 3.77. The van der Waals surface area contributed by atoms with Crippen molar-refractivity contribution in [1.29, 1.82) is 0 Å². The third-order valence-electron chi connectivity index (χ3n) is 1.80. The maximum Gasteiger partial charge on any atom is 0.0862 e. The van der Waals surface area contributed by atoms with Gasteiger partial charge in [0, 0.05) is 5.57 Å². The first kappa shape index (κ1) is 8.33. The van der Waals surface area contributed by atoms with Crippen LogP contribution in [0, 0.1) is 0 Å². The summed E-state index contributed by atoms with van der Waals surface area (Å²) >= 11 is 0. The zero-order valence-electron chi connectivity index (χ0n) is 7.26. The van der Waals surface area contributed by atoms with E-state index in [1.54, 1.807) is 0 Å². The molecule has 60 valence electrons. The third-order valence-corrected chi connectivity index (χ3v) is 3.87. The minimum Gasteiger partial charge on any atom is -0.515 e. The highest BCUT2D eigenvalue weighted by atomic mass is 28.3. The fraction of sp³-hybridized carbons (Fsp3) is 0.333. The highest BCUT2D eigenvalue weighted by molar-refractivity contribution is 6.84. The maximum absolute atomic E-state index is 8.87. The van der Waals surface area contributed by atoms with Crippen molar-refractivity contribution in [3.05, 3.63) is 35.3 Å². The van der Waals surface area contributed by atoms with Crippen molar-refractivity contribution in [2.45, 2.75) is 19.6 Å². The molecular weight excluding hydrogens is 152 g/mol. The highest BCUT2D eigenvalue weighted by Gasteiger charge is 2.23. The van der Waals surface area contributed by atoms with Gasteiger partial charge in [-0.15, -0.1) is 0 Å². The molecule has 1 rings (SSSR count). The molecule has 2 heteroatoms. The SMILES string of the molecule is C[Si](C)(C)C1=CC=C/C1=C\O. The molecule has 1 aliphatic rings. The fourth-order valence-corrected chi connectivity index (χ4v) is 2.84. The van der Waals surface area contributed by atoms with Crippen molar-refractivity contribution < 1.29 is 5.11 Å². The van der Waals surface area contributed by atoms with E-state index in [9.17, 15) is 0 Å². The summed E-state index contributed by atoms with van der Waals surface area (Å²) in [6.07, 6.45) is 7.26. The van der Waals surface area contributed by atoms with E-state index >= 15 is 0 Å². The minimum atomic E-state index is -1.24. The van der Waals surface area contributed by atoms with E-state index in [0.717, 1.165) is 5.57 Å². The molecule has 0 unspecified atom stereocenters. The molecule has 0 saturated carbocycles. The normalized spacial score (nSPS) is 21.0. The van der Waals surface area contributed by atoms with Crippen LogP contribution < -0.4 is 0 Å². The first-order valence-corrected chi connectivity index (χ1v) is 7.29. The van der Waals surface area contributed by atoms with Crippen LogP contribution in [0.5, 0.6) is 0 Å². The van der Waals surface area contributed by atoms with E-state index in [0.29, 0.717) is 0 Å². The molecule has 1 N–H and O–H groups in total. The van der Waals surface area contributed by atoms with Crippen molar-refractivity contribution in [1.82, 2.24) is 0 Å². The van der Waals surface area contributed by atoms with E-state index in [1.165, 1.54) is 11.5 Å². The van der Waals surface area contributed by atoms with Gasteiger partial charge in [0.2, 0.25) is 0 Å². The lowest BCUT2D eigenvalue weighted by Gasteiger charge is -2.18. The van der Waals surface area contributed by atoms with Gasteiger partial charge in [0.05, 0.1) is 14.3 Å². The Hall–Kier alpha value is -0.763. The third kappa shape index (κ3) is 1.63. The van der Waals surface area contributed by atoms with E-state index in [4.69, 9.17) is 5.11 Å². The molecule has 0 atom stereocenters. The number of allylic oxidation sites excluding steroid dienone is 5. The van der Waals surface area contributed by atoms with Crippen LogP contribution in [-0.2, 0) is 0 Å². The Labute approximate surface area is 68.8 Å². The maximum atomic E-state index is 8.87. The van der Waals surface area contributed by atoms with Crippen molar-refractivity contribution in [2.24, 2.45) is 0 Å². The lowest BCUT2D eigenvalue weighted by Crippen LogP contribution is -2.23. The Balaban J connectivity index is 2.94. The molecule has 0 aliphatic heterocycles. The predicted molar refractivity (Wildman–Crippen MR) is 51.3 cm³/mol. The fourth-order valence-electron chi connectivity index (χ4n) is 1.23. The van der Waals surface area contributed by atoms with E-state index in [1.807, 2.05) is 12.2 Å². The van der Waals surface area contributed by atoms with Gasteiger partial charge in [0.1, 0.15) is 0 Å². The van der Waals surface area contributed by atoms with Crippen molar-refractivity contribution in [2.75, 3.05) is 0 Å². The lowest BCUT2D eigenvalue weighted by molar-refractivity contribution is 0.470. The number of hydrogen-bond donors (Lipinski definition) is 1. The van der Waals surface area contributed by atoms with Gasteiger partial charge in [-0.3, -0.25) is 0 Å². The number of aliphatic hydroxyl groups is 1. The van der Waals surface area contributed by atoms with Crippen molar-refractivity contribution in [3.63, 3.8) is 0 Å². The summed E-state index contributed by atoms with van der Waals surface area (Å²) in [4.78, 5) is 0. The zero-order chi connectivity index (χ0) is 8.48. The average molecular weight is 166 g/mol. The Morgan fingerprint density at radius 3 is 2.36 bits per heavy atom. The molecule has 1 nitrogen and oxygen atoms in total. The van der Waals surface area contributed by atoms with Crippen LogP contribution in [0.25, 0.3) is 0 Å². The summed E-state index contributed by atoms with van der Waals surface area (Å²) in [5.41, 5.74) is 0.990. The van der Waals surface area contributed by atoms with Crippen LogP contribution in [0.15, 0.2) is 35.3 Å². The molecule has 0 fully saturated rings. The summed E-state index contributed by atoms with van der Waals surface area (Å²) < 4.78 is 0. The van der Waals surface area contributed by atoms with Crippen LogP contribution in [0.2, 0.25) is 19.6 Å². The molecule has 11 heavy (non-hydrogen) atoms. The molecular formula is C9H14OSi. The molecule has 0 amide bonds. The molecule has 0 aromatic rings. The van der Waals surface area contributed by atoms with Crippen LogP contribution in [0.3, 0.4) is 0 Å². The van der Waals surface area contributed by atoms with Gasteiger partial charge < -0.3 is 5.11 Å². The zero-order valence-corrected chi connectivity index (χ0v) is 8.26. The quantitative estimate of drug-likeness (QED) is 0.469. The summed E-state index contributed by atoms with van der Waals surface area (Å²) in [5, 5.41) is 10.2. The van der Waals surface area contributed by atoms with Gasteiger partial charge in [-0.1, -0.05) is 37.9 Å².